The van der Waals surface area contributed by atoms with Crippen LogP contribution in [0.1, 0.15) is 26.5 Å². The van der Waals surface area contributed by atoms with Gasteiger partial charge in [-0.25, -0.2) is 0 Å². The van der Waals surface area contributed by atoms with Crippen LogP contribution in [0.2, 0.25) is 0 Å². The number of thiophene rings is 1. The predicted octanol–water partition coefficient (Wildman–Crippen LogP) is 4.40. The molecule has 0 atom stereocenters. The van der Waals surface area contributed by atoms with E-state index in [1.54, 1.807) is 22.8 Å². The van der Waals surface area contributed by atoms with Gasteiger partial charge in [-0.1, -0.05) is 17.7 Å². The molecule has 7 heteroatoms. The van der Waals surface area contributed by atoms with Gasteiger partial charge in [0.2, 0.25) is 0 Å². The SMILES string of the molecule is Cc1ccc(OCc2csc(C(=O)N(C)Cc3c(Br)cnn3C)c2)cc1. The maximum atomic E-state index is 12.7. The number of amides is 1. The van der Waals surface area contributed by atoms with E-state index < -0.39 is 0 Å². The molecule has 0 N–H and O–H groups in total. The van der Waals surface area contributed by atoms with Crippen LogP contribution in [0.4, 0.5) is 0 Å². The smallest absolute Gasteiger partial charge is 0.264 e. The Balaban J connectivity index is 1.61. The number of ether oxygens (including phenoxy) is 1. The van der Waals surface area contributed by atoms with Gasteiger partial charge in [-0.2, -0.15) is 5.10 Å². The summed E-state index contributed by atoms with van der Waals surface area (Å²) in [4.78, 5) is 15.1. The Morgan fingerprint density at radius 3 is 2.73 bits per heavy atom. The van der Waals surface area contributed by atoms with Crippen molar-refractivity contribution in [3.8, 4) is 5.75 Å². The van der Waals surface area contributed by atoms with Gasteiger partial charge in [-0.15, -0.1) is 11.3 Å². The van der Waals surface area contributed by atoms with Crippen molar-refractivity contribution in [1.29, 1.82) is 0 Å². The number of aromatic nitrogens is 2. The zero-order chi connectivity index (χ0) is 18.7. The molecule has 1 aromatic carbocycles. The molecule has 0 aliphatic carbocycles. The van der Waals surface area contributed by atoms with E-state index in [4.69, 9.17) is 4.74 Å². The van der Waals surface area contributed by atoms with Crippen molar-refractivity contribution in [2.45, 2.75) is 20.1 Å². The van der Waals surface area contributed by atoms with E-state index in [9.17, 15) is 4.79 Å². The number of carbonyl (C=O) groups excluding carboxylic acids is 1. The highest BCUT2D eigenvalue weighted by molar-refractivity contribution is 9.10. The quantitative estimate of drug-likeness (QED) is 0.578. The van der Waals surface area contributed by atoms with Gasteiger partial charge < -0.3 is 9.64 Å². The standard InChI is InChI=1S/C19H20BrN3O2S/c1-13-4-6-15(7-5-13)25-11-14-8-18(26-12-14)19(24)22(2)10-17-16(20)9-21-23(17)3/h4-9,12H,10-11H2,1-3H3. The fourth-order valence-electron chi connectivity index (χ4n) is 2.46. The number of rotatable bonds is 6. The van der Waals surface area contributed by atoms with Crippen molar-refractivity contribution in [1.82, 2.24) is 14.7 Å². The van der Waals surface area contributed by atoms with Gasteiger partial charge >= 0.3 is 0 Å². The highest BCUT2D eigenvalue weighted by Crippen LogP contribution is 2.21. The summed E-state index contributed by atoms with van der Waals surface area (Å²) in [5.41, 5.74) is 3.15. The molecule has 0 saturated carbocycles. The lowest BCUT2D eigenvalue weighted by molar-refractivity contribution is 0.0786. The molecule has 3 aromatic rings. The molecule has 0 bridgehead atoms. The van der Waals surface area contributed by atoms with Crippen molar-refractivity contribution in [3.63, 3.8) is 0 Å². The van der Waals surface area contributed by atoms with Crippen LogP contribution in [0.3, 0.4) is 0 Å². The summed E-state index contributed by atoms with van der Waals surface area (Å²) in [6.07, 6.45) is 1.74. The van der Waals surface area contributed by atoms with Crippen LogP contribution in [0.5, 0.6) is 5.75 Å². The predicted molar refractivity (Wildman–Crippen MR) is 107 cm³/mol. The number of carbonyl (C=O) groups is 1. The first-order valence-corrected chi connectivity index (χ1v) is 9.80. The third-order valence-corrected chi connectivity index (χ3v) is 5.66. The molecule has 2 aromatic heterocycles. The number of benzene rings is 1. The Labute approximate surface area is 165 Å². The molecule has 3 rings (SSSR count). The van der Waals surface area contributed by atoms with Crippen molar-refractivity contribution in [2.75, 3.05) is 7.05 Å². The number of halogens is 1. The van der Waals surface area contributed by atoms with E-state index >= 15 is 0 Å². The second-order valence-electron chi connectivity index (χ2n) is 6.14. The minimum Gasteiger partial charge on any atom is -0.489 e. The van der Waals surface area contributed by atoms with Gasteiger partial charge in [0, 0.05) is 19.7 Å². The normalized spacial score (nSPS) is 10.8. The summed E-state index contributed by atoms with van der Waals surface area (Å²) >= 11 is 4.91. The zero-order valence-corrected chi connectivity index (χ0v) is 17.3. The van der Waals surface area contributed by atoms with Crippen LogP contribution in [-0.4, -0.2) is 27.6 Å². The maximum Gasteiger partial charge on any atom is 0.264 e. The molecular weight excluding hydrogens is 414 g/mol. The van der Waals surface area contributed by atoms with Crippen molar-refractivity contribution in [3.05, 3.63) is 68.1 Å². The van der Waals surface area contributed by atoms with E-state index in [0.717, 1.165) is 21.5 Å². The van der Waals surface area contributed by atoms with E-state index in [2.05, 4.69) is 21.0 Å². The van der Waals surface area contributed by atoms with Crippen LogP contribution < -0.4 is 4.74 Å². The Hall–Kier alpha value is -2.12. The Kier molecular flexibility index (Phi) is 5.78. The van der Waals surface area contributed by atoms with E-state index in [1.807, 2.05) is 49.7 Å². The largest absolute Gasteiger partial charge is 0.489 e. The molecule has 26 heavy (non-hydrogen) atoms. The van der Waals surface area contributed by atoms with Gasteiger partial charge in [0.05, 0.1) is 27.8 Å². The molecule has 0 spiro atoms. The molecular formula is C19H20BrN3O2S. The molecule has 0 aliphatic rings. The molecule has 0 fully saturated rings. The lowest BCUT2D eigenvalue weighted by Crippen LogP contribution is -2.26. The van der Waals surface area contributed by atoms with Crippen molar-refractivity contribution < 1.29 is 9.53 Å². The monoisotopic (exact) mass is 433 g/mol. The number of hydrogen-bond donors (Lipinski definition) is 0. The van der Waals surface area contributed by atoms with Crippen molar-refractivity contribution in [2.24, 2.45) is 7.05 Å². The first kappa shape index (κ1) is 18.7. The van der Waals surface area contributed by atoms with E-state index in [-0.39, 0.29) is 5.91 Å². The average Bonchev–Trinajstić information content (AvgIpc) is 3.22. The lowest BCUT2D eigenvalue weighted by atomic mass is 10.2. The molecule has 0 radical (unpaired) electrons. The third kappa shape index (κ3) is 4.34. The molecule has 0 unspecified atom stereocenters. The van der Waals surface area contributed by atoms with Gasteiger partial charge in [-0.3, -0.25) is 9.48 Å². The summed E-state index contributed by atoms with van der Waals surface area (Å²) in [6.45, 7) is 2.98. The maximum absolute atomic E-state index is 12.7. The third-order valence-electron chi connectivity index (χ3n) is 4.04. The van der Waals surface area contributed by atoms with E-state index in [0.29, 0.717) is 18.0 Å². The molecule has 2 heterocycles. The topological polar surface area (TPSA) is 47.4 Å². The number of hydrogen-bond acceptors (Lipinski definition) is 4. The summed E-state index contributed by atoms with van der Waals surface area (Å²) < 4.78 is 8.45. The van der Waals surface area contributed by atoms with Crippen LogP contribution >= 0.6 is 27.3 Å². The number of aryl methyl sites for hydroxylation is 2. The first-order valence-electron chi connectivity index (χ1n) is 8.12. The van der Waals surface area contributed by atoms with Crippen LogP contribution in [0.15, 0.2) is 46.4 Å². The van der Waals surface area contributed by atoms with Gasteiger partial charge in [0.25, 0.3) is 5.91 Å². The number of nitrogens with zero attached hydrogens (tertiary/aromatic N) is 3. The summed E-state index contributed by atoms with van der Waals surface area (Å²) in [5.74, 6) is 0.817. The van der Waals surface area contributed by atoms with Crippen molar-refractivity contribution >= 4 is 33.2 Å². The second-order valence-corrected chi connectivity index (χ2v) is 7.91. The molecule has 0 saturated heterocycles. The Bertz CT molecular complexity index is 882. The van der Waals surface area contributed by atoms with Crippen LogP contribution in [-0.2, 0) is 20.2 Å². The van der Waals surface area contributed by atoms with Gasteiger partial charge in [0.1, 0.15) is 12.4 Å². The fraction of sp³-hybridized carbons (Fsp3) is 0.263. The van der Waals surface area contributed by atoms with Crippen LogP contribution in [0, 0.1) is 6.92 Å². The highest BCUT2D eigenvalue weighted by atomic mass is 79.9. The minimum atomic E-state index is -0.00955. The molecule has 136 valence electrons. The summed E-state index contributed by atoms with van der Waals surface area (Å²) in [5, 5.41) is 6.15. The Morgan fingerprint density at radius 1 is 1.35 bits per heavy atom. The summed E-state index contributed by atoms with van der Waals surface area (Å²) in [6, 6.07) is 9.84. The van der Waals surface area contributed by atoms with Gasteiger partial charge in [-0.05, 0) is 46.4 Å². The lowest BCUT2D eigenvalue weighted by Gasteiger charge is -2.16. The Morgan fingerprint density at radius 2 is 2.08 bits per heavy atom. The first-order chi connectivity index (χ1) is 12.4. The fourth-order valence-corrected chi connectivity index (χ4v) is 3.83. The molecule has 0 aliphatic heterocycles. The molecule has 1 amide bonds. The van der Waals surface area contributed by atoms with Gasteiger partial charge in [0.15, 0.2) is 0 Å². The summed E-state index contributed by atoms with van der Waals surface area (Å²) in [7, 11) is 3.66. The zero-order valence-electron chi connectivity index (χ0n) is 14.9. The second kappa shape index (κ2) is 8.05. The molecule has 5 nitrogen and oxygen atoms in total. The van der Waals surface area contributed by atoms with Crippen LogP contribution in [0.25, 0.3) is 0 Å². The van der Waals surface area contributed by atoms with E-state index in [1.165, 1.54) is 16.9 Å². The minimum absolute atomic E-state index is 0.00955. The average molecular weight is 434 g/mol. The highest BCUT2D eigenvalue weighted by Gasteiger charge is 2.17.